The Hall–Kier alpha value is -2.89. The molecule has 2 aliphatic heterocycles. The standard InChI is InChI=1S/C24H21Cl2F2N5O3S/c1-13(2)5-19(34)33-10-23(11-33)9-32(21(35)18-7-29-12-37-18)8-15(23)20-30-31-22(36-20)24(27,28)14-3-4-16(25)17(26)6-14/h3-7,12,15H,8-11H2,1-2H3. The van der Waals surface area contributed by atoms with Crippen molar-refractivity contribution >= 4 is 46.4 Å². The van der Waals surface area contributed by atoms with E-state index < -0.39 is 28.7 Å². The molecule has 2 saturated heterocycles. The van der Waals surface area contributed by atoms with Gasteiger partial charge >= 0.3 is 5.92 Å². The Kier molecular flexibility index (Phi) is 6.57. The smallest absolute Gasteiger partial charge is 0.349 e. The summed E-state index contributed by atoms with van der Waals surface area (Å²) in [5.74, 6) is -5.42. The van der Waals surface area contributed by atoms with Gasteiger partial charge in [0.15, 0.2) is 0 Å². The van der Waals surface area contributed by atoms with Crippen molar-refractivity contribution in [3.8, 4) is 0 Å². The van der Waals surface area contributed by atoms with Gasteiger partial charge in [-0.2, -0.15) is 8.78 Å². The highest BCUT2D eigenvalue weighted by atomic mass is 35.5. The molecule has 1 unspecified atom stereocenters. The number of allylic oxidation sites excluding steroid dienone is 1. The average molecular weight is 568 g/mol. The number of halogens is 4. The number of alkyl halides is 2. The highest BCUT2D eigenvalue weighted by Gasteiger charge is 2.59. The summed E-state index contributed by atoms with van der Waals surface area (Å²) >= 11 is 13.0. The van der Waals surface area contributed by atoms with Crippen LogP contribution in [0.1, 0.15) is 46.8 Å². The normalized spacial score (nSPS) is 18.7. The maximum atomic E-state index is 15.2. The van der Waals surface area contributed by atoms with Gasteiger partial charge in [-0.15, -0.1) is 21.5 Å². The number of likely N-dealkylation sites (tertiary alicyclic amines) is 2. The van der Waals surface area contributed by atoms with Crippen molar-refractivity contribution in [1.29, 1.82) is 0 Å². The summed E-state index contributed by atoms with van der Waals surface area (Å²) in [7, 11) is 0. The van der Waals surface area contributed by atoms with Crippen molar-refractivity contribution < 1.29 is 22.8 Å². The van der Waals surface area contributed by atoms with Crippen molar-refractivity contribution in [2.24, 2.45) is 5.41 Å². The number of aromatic nitrogens is 3. The van der Waals surface area contributed by atoms with Gasteiger partial charge in [-0.1, -0.05) is 34.8 Å². The van der Waals surface area contributed by atoms with E-state index in [1.54, 1.807) is 21.4 Å². The first kappa shape index (κ1) is 25.7. The van der Waals surface area contributed by atoms with E-state index >= 15 is 8.78 Å². The third-order valence-electron chi connectivity index (χ3n) is 6.60. The first-order valence-corrected chi connectivity index (χ1v) is 12.9. The topological polar surface area (TPSA) is 92.4 Å². The fourth-order valence-corrected chi connectivity index (χ4v) is 5.67. The highest BCUT2D eigenvalue weighted by molar-refractivity contribution is 7.11. The van der Waals surface area contributed by atoms with Gasteiger partial charge in [0.2, 0.25) is 11.8 Å². The number of carbonyl (C=O) groups is 2. The molecular weight excluding hydrogens is 547 g/mol. The maximum absolute atomic E-state index is 15.2. The first-order valence-electron chi connectivity index (χ1n) is 11.3. The van der Waals surface area contributed by atoms with E-state index in [9.17, 15) is 9.59 Å². The molecule has 2 aliphatic rings. The number of nitrogens with zero attached hydrogens (tertiary/aromatic N) is 5. The molecule has 0 saturated carbocycles. The Morgan fingerprint density at radius 3 is 2.54 bits per heavy atom. The lowest BCUT2D eigenvalue weighted by Gasteiger charge is -2.49. The van der Waals surface area contributed by atoms with Gasteiger partial charge in [-0.25, -0.2) is 0 Å². The van der Waals surface area contributed by atoms with Gasteiger partial charge in [-0.05, 0) is 26.0 Å². The molecule has 37 heavy (non-hydrogen) atoms. The van der Waals surface area contributed by atoms with E-state index in [2.05, 4.69) is 15.2 Å². The largest absolute Gasteiger partial charge is 0.419 e. The molecule has 0 radical (unpaired) electrons. The Morgan fingerprint density at radius 2 is 1.89 bits per heavy atom. The molecule has 3 aromatic rings. The summed E-state index contributed by atoms with van der Waals surface area (Å²) in [5, 5.41) is 7.73. The van der Waals surface area contributed by atoms with E-state index in [0.717, 1.165) is 17.7 Å². The Labute approximate surface area is 224 Å². The second-order valence-electron chi connectivity index (χ2n) is 9.53. The summed E-state index contributed by atoms with van der Waals surface area (Å²) in [6.07, 6.45) is 3.03. The van der Waals surface area contributed by atoms with Crippen LogP contribution in [0.3, 0.4) is 0 Å². The zero-order valence-corrected chi connectivity index (χ0v) is 22.1. The van der Waals surface area contributed by atoms with Crippen LogP contribution in [0.2, 0.25) is 10.0 Å². The van der Waals surface area contributed by atoms with Crippen LogP contribution in [0, 0.1) is 5.41 Å². The lowest BCUT2D eigenvalue weighted by atomic mass is 9.71. The van der Waals surface area contributed by atoms with Crippen LogP contribution in [0.4, 0.5) is 8.78 Å². The Bertz CT molecular complexity index is 1380. The molecule has 2 fully saturated rings. The van der Waals surface area contributed by atoms with Gasteiger partial charge in [0.1, 0.15) is 4.88 Å². The quantitative estimate of drug-likeness (QED) is 0.402. The molecule has 1 aromatic carbocycles. The second-order valence-corrected chi connectivity index (χ2v) is 11.2. The van der Waals surface area contributed by atoms with E-state index in [1.807, 2.05) is 13.8 Å². The van der Waals surface area contributed by atoms with Gasteiger partial charge in [0.05, 0.1) is 27.7 Å². The average Bonchev–Trinajstić information content (AvgIpc) is 3.57. The van der Waals surface area contributed by atoms with Gasteiger partial charge in [-0.3, -0.25) is 14.6 Å². The Balaban J connectivity index is 1.44. The van der Waals surface area contributed by atoms with Crippen molar-refractivity contribution in [2.45, 2.75) is 25.7 Å². The number of hydrogen-bond acceptors (Lipinski definition) is 7. The van der Waals surface area contributed by atoms with Gasteiger partial charge in [0.25, 0.3) is 11.8 Å². The monoisotopic (exact) mass is 567 g/mol. The van der Waals surface area contributed by atoms with Crippen molar-refractivity contribution in [3.63, 3.8) is 0 Å². The third kappa shape index (κ3) is 4.64. The van der Waals surface area contributed by atoms with Crippen molar-refractivity contribution in [2.75, 3.05) is 26.2 Å². The zero-order valence-electron chi connectivity index (χ0n) is 19.8. The molecule has 13 heteroatoms. The highest BCUT2D eigenvalue weighted by Crippen LogP contribution is 2.50. The molecule has 2 aromatic heterocycles. The SMILES string of the molecule is CC(C)=CC(=O)N1CC2(C1)CN(C(=O)c1cncs1)CC2c1nnc(C(F)(F)c2ccc(Cl)c(Cl)c2)o1. The zero-order chi connectivity index (χ0) is 26.5. The van der Waals surface area contributed by atoms with Crippen LogP contribution in [0.5, 0.6) is 0 Å². The van der Waals surface area contributed by atoms with Crippen LogP contribution in [0.25, 0.3) is 0 Å². The lowest BCUT2D eigenvalue weighted by molar-refractivity contribution is -0.138. The fraction of sp³-hybridized carbons (Fsp3) is 0.375. The summed E-state index contributed by atoms with van der Waals surface area (Å²) in [5.41, 5.74) is 1.38. The van der Waals surface area contributed by atoms with E-state index in [4.69, 9.17) is 27.6 Å². The number of hydrogen-bond donors (Lipinski definition) is 0. The predicted octanol–water partition coefficient (Wildman–Crippen LogP) is 5.01. The van der Waals surface area contributed by atoms with Crippen LogP contribution in [-0.4, -0.2) is 63.0 Å². The lowest BCUT2D eigenvalue weighted by Crippen LogP contribution is -2.61. The summed E-state index contributed by atoms with van der Waals surface area (Å²) in [4.78, 5) is 33.3. The number of amides is 2. The first-order chi connectivity index (χ1) is 17.5. The molecule has 2 amide bonds. The molecule has 0 N–H and O–H groups in total. The number of thiazole rings is 1. The molecule has 0 aliphatic carbocycles. The molecule has 8 nitrogen and oxygen atoms in total. The molecule has 194 valence electrons. The third-order valence-corrected chi connectivity index (χ3v) is 8.10. The number of rotatable bonds is 5. The minimum absolute atomic E-state index is 0.0105. The number of carbonyl (C=O) groups excluding carboxylic acids is 2. The summed E-state index contributed by atoms with van der Waals surface area (Å²) < 4.78 is 36.0. The summed E-state index contributed by atoms with van der Waals surface area (Å²) in [6.45, 7) is 4.81. The maximum Gasteiger partial charge on any atom is 0.349 e. The summed E-state index contributed by atoms with van der Waals surface area (Å²) in [6, 6.07) is 3.47. The van der Waals surface area contributed by atoms with E-state index in [0.29, 0.717) is 24.5 Å². The van der Waals surface area contributed by atoms with Gasteiger partial charge < -0.3 is 14.2 Å². The van der Waals surface area contributed by atoms with Crippen molar-refractivity contribution in [1.82, 2.24) is 25.0 Å². The van der Waals surface area contributed by atoms with Crippen LogP contribution >= 0.6 is 34.5 Å². The molecule has 1 atom stereocenters. The van der Waals surface area contributed by atoms with Crippen LogP contribution in [0.15, 0.2) is 46.0 Å². The minimum atomic E-state index is -3.62. The fourth-order valence-electron chi connectivity index (χ4n) is 4.79. The van der Waals surface area contributed by atoms with E-state index in [1.165, 1.54) is 23.6 Å². The van der Waals surface area contributed by atoms with Crippen LogP contribution in [-0.2, 0) is 10.7 Å². The molecule has 4 heterocycles. The van der Waals surface area contributed by atoms with E-state index in [-0.39, 0.29) is 34.3 Å². The predicted molar refractivity (Wildman–Crippen MR) is 133 cm³/mol. The molecular formula is C24H21Cl2F2N5O3S. The second kappa shape index (κ2) is 9.45. The minimum Gasteiger partial charge on any atom is -0.419 e. The van der Waals surface area contributed by atoms with Gasteiger partial charge in [0, 0.05) is 43.2 Å². The molecule has 0 bridgehead atoms. The van der Waals surface area contributed by atoms with Crippen LogP contribution < -0.4 is 0 Å². The molecule has 1 spiro atoms. The van der Waals surface area contributed by atoms with Crippen molar-refractivity contribution in [3.05, 3.63) is 73.8 Å². The molecule has 5 rings (SSSR count). The Morgan fingerprint density at radius 1 is 1.16 bits per heavy atom. The number of benzene rings is 1.